The van der Waals surface area contributed by atoms with Crippen LogP contribution in [0.2, 0.25) is 0 Å². The Kier molecular flexibility index (Phi) is 6.69. The first-order valence-electron chi connectivity index (χ1n) is 8.48. The molecule has 3 rings (SSSR count). The van der Waals surface area contributed by atoms with Gasteiger partial charge in [0.05, 0.1) is 36.4 Å². The van der Waals surface area contributed by atoms with Crippen molar-refractivity contribution in [3.63, 3.8) is 0 Å². The Hall–Kier alpha value is -3.01. The van der Waals surface area contributed by atoms with Crippen LogP contribution in [0.5, 0.6) is 0 Å². The zero-order valence-electron chi connectivity index (χ0n) is 14.6. The molecule has 3 aromatic rings. The smallest absolute Gasteiger partial charge is 0.238 e. The van der Waals surface area contributed by atoms with Crippen LogP contribution in [0, 0.1) is 11.3 Å². The fraction of sp³-hybridized carbons (Fsp3) is 0.143. The van der Waals surface area contributed by atoms with E-state index in [0.717, 1.165) is 16.2 Å². The van der Waals surface area contributed by atoms with Crippen LogP contribution in [-0.2, 0) is 4.79 Å². The van der Waals surface area contributed by atoms with Gasteiger partial charge in [-0.2, -0.15) is 5.26 Å². The lowest BCUT2D eigenvalue weighted by Crippen LogP contribution is -2.31. The zero-order chi connectivity index (χ0) is 18.9. The highest BCUT2D eigenvalue weighted by molar-refractivity contribution is 7.99. The summed E-state index contributed by atoms with van der Waals surface area (Å²) in [5.74, 6) is 0.922. The molecule has 1 atom stereocenters. The summed E-state index contributed by atoms with van der Waals surface area (Å²) in [5, 5.41) is 14.9. The van der Waals surface area contributed by atoms with E-state index in [9.17, 15) is 4.79 Å². The van der Waals surface area contributed by atoms with Crippen LogP contribution in [0.25, 0.3) is 0 Å². The SMILES string of the molecule is N#CCSc1ccccc1NC(=O)CN[C@H](c1ccccc1)c1ccco1. The number of carbonyl (C=O) groups is 1. The Balaban J connectivity index is 1.66. The van der Waals surface area contributed by atoms with E-state index in [0.29, 0.717) is 11.4 Å². The molecule has 0 aliphatic rings. The van der Waals surface area contributed by atoms with Gasteiger partial charge >= 0.3 is 0 Å². The number of hydrogen-bond acceptors (Lipinski definition) is 5. The van der Waals surface area contributed by atoms with E-state index in [4.69, 9.17) is 9.68 Å². The summed E-state index contributed by atoms with van der Waals surface area (Å²) in [7, 11) is 0. The predicted molar refractivity (Wildman–Crippen MR) is 106 cm³/mol. The quantitative estimate of drug-likeness (QED) is 0.575. The Morgan fingerprint density at radius 3 is 2.59 bits per heavy atom. The molecule has 1 aromatic heterocycles. The molecule has 1 amide bonds. The number of furan rings is 1. The van der Waals surface area contributed by atoms with E-state index < -0.39 is 0 Å². The summed E-state index contributed by atoms with van der Waals surface area (Å²) >= 11 is 1.40. The number of amides is 1. The average Bonchev–Trinajstić information content (AvgIpc) is 3.23. The Morgan fingerprint density at radius 2 is 1.85 bits per heavy atom. The topological polar surface area (TPSA) is 78.1 Å². The van der Waals surface area contributed by atoms with Gasteiger partial charge in [0, 0.05) is 4.90 Å². The van der Waals surface area contributed by atoms with Crippen molar-refractivity contribution < 1.29 is 9.21 Å². The van der Waals surface area contributed by atoms with Crippen LogP contribution in [0.4, 0.5) is 5.69 Å². The molecule has 0 aliphatic carbocycles. The molecule has 0 saturated carbocycles. The maximum Gasteiger partial charge on any atom is 0.238 e. The second-order valence-electron chi connectivity index (χ2n) is 5.73. The molecule has 2 aromatic carbocycles. The van der Waals surface area contributed by atoms with Gasteiger partial charge in [-0.05, 0) is 29.8 Å². The Morgan fingerprint density at radius 1 is 1.07 bits per heavy atom. The van der Waals surface area contributed by atoms with Gasteiger partial charge in [0.25, 0.3) is 0 Å². The number of carbonyl (C=O) groups excluding carboxylic acids is 1. The molecule has 0 unspecified atom stereocenters. The van der Waals surface area contributed by atoms with Crippen LogP contribution in [-0.4, -0.2) is 18.2 Å². The minimum absolute atomic E-state index is 0.123. The monoisotopic (exact) mass is 377 g/mol. The van der Waals surface area contributed by atoms with Crippen molar-refractivity contribution in [2.75, 3.05) is 17.6 Å². The second kappa shape index (κ2) is 9.62. The molecule has 0 aliphatic heterocycles. The van der Waals surface area contributed by atoms with Crippen LogP contribution in [0.3, 0.4) is 0 Å². The lowest BCUT2D eigenvalue weighted by Gasteiger charge is -2.17. The van der Waals surface area contributed by atoms with E-state index >= 15 is 0 Å². The third-order valence-electron chi connectivity index (χ3n) is 3.88. The molecule has 136 valence electrons. The fourth-order valence-electron chi connectivity index (χ4n) is 2.68. The summed E-state index contributed by atoms with van der Waals surface area (Å²) in [6.07, 6.45) is 1.62. The molecule has 0 saturated heterocycles. The number of nitrogens with zero attached hydrogens (tertiary/aromatic N) is 1. The standard InChI is InChI=1S/C21H19N3O2S/c22-12-14-27-19-11-5-4-9-17(19)24-20(25)15-23-21(18-10-6-13-26-18)16-7-2-1-3-8-16/h1-11,13,21,23H,14-15H2,(H,24,25)/t21-/m1/s1. The number of anilines is 1. The third kappa shape index (κ3) is 5.23. The maximum atomic E-state index is 12.5. The van der Waals surface area contributed by atoms with Crippen LogP contribution in [0.1, 0.15) is 17.4 Å². The van der Waals surface area contributed by atoms with Crippen molar-refractivity contribution in [3.8, 4) is 6.07 Å². The van der Waals surface area contributed by atoms with Gasteiger partial charge in [0.1, 0.15) is 5.76 Å². The predicted octanol–water partition coefficient (Wildman–Crippen LogP) is 4.21. The lowest BCUT2D eigenvalue weighted by atomic mass is 10.0. The van der Waals surface area contributed by atoms with E-state index in [2.05, 4.69) is 16.7 Å². The average molecular weight is 377 g/mol. The molecule has 5 nitrogen and oxygen atoms in total. The van der Waals surface area contributed by atoms with Crippen molar-refractivity contribution in [1.29, 1.82) is 5.26 Å². The van der Waals surface area contributed by atoms with Gasteiger partial charge in [0.2, 0.25) is 5.91 Å². The summed E-state index contributed by atoms with van der Waals surface area (Å²) in [6, 6.07) is 22.9. The first-order chi connectivity index (χ1) is 13.3. The maximum absolute atomic E-state index is 12.5. The molecule has 27 heavy (non-hydrogen) atoms. The first kappa shape index (κ1) is 18.8. The van der Waals surface area contributed by atoms with Crippen LogP contribution >= 0.6 is 11.8 Å². The number of nitrogens with one attached hydrogen (secondary N) is 2. The number of rotatable bonds is 8. The van der Waals surface area contributed by atoms with Gasteiger partial charge < -0.3 is 9.73 Å². The van der Waals surface area contributed by atoms with Gasteiger partial charge in [-0.1, -0.05) is 42.5 Å². The van der Waals surface area contributed by atoms with Gasteiger partial charge in [-0.3, -0.25) is 10.1 Å². The van der Waals surface area contributed by atoms with Crippen molar-refractivity contribution >= 4 is 23.4 Å². The van der Waals surface area contributed by atoms with Crippen LogP contribution < -0.4 is 10.6 Å². The number of thioether (sulfide) groups is 1. The van der Waals surface area contributed by atoms with Crippen LogP contribution in [0.15, 0.2) is 82.3 Å². The van der Waals surface area contributed by atoms with E-state index in [1.54, 1.807) is 6.26 Å². The minimum atomic E-state index is -0.213. The highest BCUT2D eigenvalue weighted by atomic mass is 32.2. The summed E-state index contributed by atoms with van der Waals surface area (Å²) in [6.45, 7) is 0.123. The molecule has 0 spiro atoms. The van der Waals surface area contributed by atoms with Crippen molar-refractivity contribution in [3.05, 3.63) is 84.3 Å². The number of hydrogen-bond donors (Lipinski definition) is 2. The lowest BCUT2D eigenvalue weighted by molar-refractivity contribution is -0.115. The number of para-hydroxylation sites is 1. The van der Waals surface area contributed by atoms with Gasteiger partial charge in [-0.25, -0.2) is 0 Å². The van der Waals surface area contributed by atoms with Crippen molar-refractivity contribution in [2.24, 2.45) is 0 Å². The summed E-state index contributed by atoms with van der Waals surface area (Å²) in [5.41, 5.74) is 1.73. The molecule has 2 N–H and O–H groups in total. The number of benzene rings is 2. The van der Waals surface area contributed by atoms with E-state index in [1.807, 2.05) is 66.7 Å². The molecular formula is C21H19N3O2S. The molecule has 0 fully saturated rings. The minimum Gasteiger partial charge on any atom is -0.467 e. The zero-order valence-corrected chi connectivity index (χ0v) is 15.4. The summed E-state index contributed by atoms with van der Waals surface area (Å²) in [4.78, 5) is 13.3. The highest BCUT2D eigenvalue weighted by Crippen LogP contribution is 2.26. The molecule has 0 bridgehead atoms. The highest BCUT2D eigenvalue weighted by Gasteiger charge is 2.17. The van der Waals surface area contributed by atoms with Crippen molar-refractivity contribution in [1.82, 2.24) is 5.32 Å². The fourth-order valence-corrected chi connectivity index (χ4v) is 3.35. The third-order valence-corrected chi connectivity index (χ3v) is 4.82. The van der Waals surface area contributed by atoms with Gasteiger partial charge in [-0.15, -0.1) is 11.8 Å². The Bertz CT molecular complexity index is 905. The molecule has 1 heterocycles. The van der Waals surface area contributed by atoms with Crippen molar-refractivity contribution in [2.45, 2.75) is 10.9 Å². The largest absolute Gasteiger partial charge is 0.467 e. The summed E-state index contributed by atoms with van der Waals surface area (Å²) < 4.78 is 5.54. The Labute approximate surface area is 162 Å². The second-order valence-corrected chi connectivity index (χ2v) is 6.75. The normalized spacial score (nSPS) is 11.5. The molecule has 6 heteroatoms. The number of nitriles is 1. The van der Waals surface area contributed by atoms with Gasteiger partial charge in [0.15, 0.2) is 0 Å². The van der Waals surface area contributed by atoms with E-state index in [-0.39, 0.29) is 18.5 Å². The van der Waals surface area contributed by atoms with E-state index in [1.165, 1.54) is 11.8 Å². The molecule has 0 radical (unpaired) electrons. The first-order valence-corrected chi connectivity index (χ1v) is 9.47. The molecular weight excluding hydrogens is 358 g/mol.